The molecule has 0 spiro atoms. The van der Waals surface area contributed by atoms with Crippen LogP contribution in [-0.4, -0.2) is 32.8 Å². The normalized spacial score (nSPS) is 18.9. The average molecular weight is 305 g/mol. The van der Waals surface area contributed by atoms with Gasteiger partial charge in [0.05, 0.1) is 25.7 Å². The van der Waals surface area contributed by atoms with E-state index in [4.69, 9.17) is 9.47 Å². The number of benzene rings is 1. The lowest BCUT2D eigenvalue weighted by atomic mass is 9.76. The first-order chi connectivity index (χ1) is 10.4. The number of amides is 1. The van der Waals surface area contributed by atoms with Crippen LogP contribution in [0.4, 0.5) is 0 Å². The minimum atomic E-state index is -0.340. The molecule has 2 rings (SSSR count). The van der Waals surface area contributed by atoms with E-state index in [-0.39, 0.29) is 16.7 Å². The van der Waals surface area contributed by atoms with Crippen molar-refractivity contribution in [2.24, 2.45) is 5.41 Å². The summed E-state index contributed by atoms with van der Waals surface area (Å²) in [6, 6.07) is 8.13. The summed E-state index contributed by atoms with van der Waals surface area (Å²) >= 11 is 0. The van der Waals surface area contributed by atoms with E-state index in [1.54, 1.807) is 7.11 Å². The Balaban J connectivity index is 2.00. The first-order valence-corrected chi connectivity index (χ1v) is 7.95. The van der Waals surface area contributed by atoms with E-state index in [0.717, 1.165) is 18.6 Å². The van der Waals surface area contributed by atoms with Crippen molar-refractivity contribution >= 4 is 5.91 Å². The van der Waals surface area contributed by atoms with Crippen LogP contribution in [0.3, 0.4) is 0 Å². The van der Waals surface area contributed by atoms with Crippen LogP contribution in [0.5, 0.6) is 5.75 Å². The first-order valence-electron chi connectivity index (χ1n) is 7.95. The van der Waals surface area contributed by atoms with Gasteiger partial charge in [-0.2, -0.15) is 0 Å². The van der Waals surface area contributed by atoms with Crippen molar-refractivity contribution < 1.29 is 14.3 Å². The van der Waals surface area contributed by atoms with Crippen LogP contribution in [0.1, 0.15) is 39.2 Å². The predicted octanol–water partition coefficient (Wildman–Crippen LogP) is 2.91. The average Bonchev–Trinajstić information content (AvgIpc) is 2.52. The Kier molecular flexibility index (Phi) is 5.12. The third-order valence-electron chi connectivity index (χ3n) is 4.89. The van der Waals surface area contributed by atoms with Crippen LogP contribution in [0.15, 0.2) is 24.3 Å². The van der Waals surface area contributed by atoms with Crippen molar-refractivity contribution in [2.45, 2.75) is 39.0 Å². The zero-order valence-corrected chi connectivity index (χ0v) is 14.1. The van der Waals surface area contributed by atoms with E-state index in [2.05, 4.69) is 25.2 Å². The van der Waals surface area contributed by atoms with Crippen molar-refractivity contribution in [3.8, 4) is 5.75 Å². The smallest absolute Gasteiger partial charge is 0.230 e. The number of hydrogen-bond acceptors (Lipinski definition) is 3. The number of rotatable bonds is 7. The molecule has 0 radical (unpaired) electrons. The lowest BCUT2D eigenvalue weighted by molar-refractivity contribution is -0.157. The molecule has 1 atom stereocenters. The highest BCUT2D eigenvalue weighted by atomic mass is 16.5. The van der Waals surface area contributed by atoms with Crippen molar-refractivity contribution in [1.82, 2.24) is 5.32 Å². The van der Waals surface area contributed by atoms with Crippen LogP contribution < -0.4 is 10.1 Å². The van der Waals surface area contributed by atoms with Gasteiger partial charge < -0.3 is 14.8 Å². The maximum Gasteiger partial charge on any atom is 0.230 e. The van der Waals surface area contributed by atoms with Gasteiger partial charge in [-0.3, -0.25) is 4.79 Å². The first kappa shape index (κ1) is 16.8. The zero-order chi connectivity index (χ0) is 16.2. The maximum absolute atomic E-state index is 12.2. The number of ether oxygens (including phenoxy) is 2. The molecule has 1 aliphatic heterocycles. The quantitative estimate of drug-likeness (QED) is 0.842. The summed E-state index contributed by atoms with van der Waals surface area (Å²) in [5.74, 6) is 1.01. The molecule has 1 fully saturated rings. The highest BCUT2D eigenvalue weighted by Gasteiger charge is 2.41. The molecule has 0 saturated carbocycles. The van der Waals surface area contributed by atoms with Gasteiger partial charge in [-0.05, 0) is 31.2 Å². The summed E-state index contributed by atoms with van der Waals surface area (Å²) in [5.41, 5.74) is 0.844. The highest BCUT2D eigenvalue weighted by Crippen LogP contribution is 2.37. The van der Waals surface area contributed by atoms with Gasteiger partial charge in [0.15, 0.2) is 0 Å². The van der Waals surface area contributed by atoms with Gasteiger partial charge in [-0.1, -0.05) is 32.0 Å². The number of carbonyl (C=O) groups is 1. The van der Waals surface area contributed by atoms with Gasteiger partial charge in [0.1, 0.15) is 5.75 Å². The van der Waals surface area contributed by atoms with Gasteiger partial charge in [-0.15, -0.1) is 0 Å². The Morgan fingerprint density at radius 1 is 1.41 bits per heavy atom. The van der Waals surface area contributed by atoms with E-state index < -0.39 is 0 Å². The Morgan fingerprint density at radius 3 is 2.64 bits per heavy atom. The van der Waals surface area contributed by atoms with Crippen LogP contribution in [-0.2, 0) is 14.9 Å². The fourth-order valence-electron chi connectivity index (χ4n) is 2.85. The second-order valence-corrected chi connectivity index (χ2v) is 6.67. The number of nitrogens with one attached hydrogen (secondary N) is 1. The van der Waals surface area contributed by atoms with Gasteiger partial charge in [0.25, 0.3) is 0 Å². The van der Waals surface area contributed by atoms with Crippen LogP contribution in [0.2, 0.25) is 0 Å². The molecule has 1 aromatic carbocycles. The molecule has 1 amide bonds. The predicted molar refractivity (Wildman–Crippen MR) is 87.2 cm³/mol. The molecule has 122 valence electrons. The molecule has 22 heavy (non-hydrogen) atoms. The topological polar surface area (TPSA) is 47.6 Å². The standard InChI is InChI=1S/C18H27NO3/c1-5-17(2,14-8-6-7-9-15(14)21-4)10-11-19-16(20)18(3)12-22-13-18/h6-9H,5,10-13H2,1-4H3,(H,19,20)/t17-/m1/s1. The lowest BCUT2D eigenvalue weighted by Crippen LogP contribution is -2.52. The molecule has 1 saturated heterocycles. The molecule has 1 N–H and O–H groups in total. The van der Waals surface area contributed by atoms with E-state index >= 15 is 0 Å². The highest BCUT2D eigenvalue weighted by molar-refractivity contribution is 5.83. The molecular formula is C18H27NO3. The molecule has 0 aliphatic carbocycles. The molecule has 4 heteroatoms. The minimum absolute atomic E-state index is 0.0170. The monoisotopic (exact) mass is 305 g/mol. The van der Waals surface area contributed by atoms with Crippen LogP contribution in [0, 0.1) is 5.41 Å². The van der Waals surface area contributed by atoms with Crippen molar-refractivity contribution in [3.63, 3.8) is 0 Å². The maximum atomic E-state index is 12.2. The molecule has 1 heterocycles. The molecule has 0 bridgehead atoms. The number of carbonyl (C=O) groups excluding carboxylic acids is 1. The number of hydrogen-bond donors (Lipinski definition) is 1. The summed E-state index contributed by atoms with van der Waals surface area (Å²) < 4.78 is 10.6. The third-order valence-corrected chi connectivity index (χ3v) is 4.89. The van der Waals surface area contributed by atoms with Crippen molar-refractivity contribution in [3.05, 3.63) is 29.8 Å². The van der Waals surface area contributed by atoms with Crippen LogP contribution >= 0.6 is 0 Å². The molecule has 4 nitrogen and oxygen atoms in total. The van der Waals surface area contributed by atoms with E-state index in [1.807, 2.05) is 25.1 Å². The van der Waals surface area contributed by atoms with E-state index in [9.17, 15) is 4.79 Å². The van der Waals surface area contributed by atoms with Crippen molar-refractivity contribution in [1.29, 1.82) is 0 Å². The molecule has 0 unspecified atom stereocenters. The fourth-order valence-corrected chi connectivity index (χ4v) is 2.85. The van der Waals surface area contributed by atoms with Gasteiger partial charge in [-0.25, -0.2) is 0 Å². The van der Waals surface area contributed by atoms with Gasteiger partial charge in [0.2, 0.25) is 5.91 Å². The fraction of sp³-hybridized carbons (Fsp3) is 0.611. The summed E-state index contributed by atoms with van der Waals surface area (Å²) in [6.07, 6.45) is 1.87. The van der Waals surface area contributed by atoms with Gasteiger partial charge in [0, 0.05) is 12.1 Å². The van der Waals surface area contributed by atoms with E-state index in [1.165, 1.54) is 5.56 Å². The zero-order valence-electron chi connectivity index (χ0n) is 14.1. The molecule has 1 aliphatic rings. The Morgan fingerprint density at radius 2 is 2.09 bits per heavy atom. The summed E-state index contributed by atoms with van der Waals surface area (Å²) in [4.78, 5) is 12.2. The molecular weight excluding hydrogens is 278 g/mol. The number of methoxy groups -OCH3 is 1. The van der Waals surface area contributed by atoms with Gasteiger partial charge >= 0.3 is 0 Å². The van der Waals surface area contributed by atoms with Crippen molar-refractivity contribution in [2.75, 3.05) is 26.9 Å². The Hall–Kier alpha value is -1.55. The second kappa shape index (κ2) is 6.69. The largest absolute Gasteiger partial charge is 0.496 e. The lowest BCUT2D eigenvalue weighted by Gasteiger charge is -2.37. The molecule has 1 aromatic rings. The number of para-hydroxylation sites is 1. The third kappa shape index (κ3) is 3.27. The minimum Gasteiger partial charge on any atom is -0.496 e. The molecule has 0 aromatic heterocycles. The summed E-state index contributed by atoms with van der Waals surface area (Å²) in [5, 5.41) is 3.06. The SMILES string of the molecule is CC[C@](C)(CCNC(=O)C1(C)COC1)c1ccccc1OC. The summed E-state index contributed by atoms with van der Waals surface area (Å²) in [7, 11) is 1.70. The summed E-state index contributed by atoms with van der Waals surface area (Å²) in [6.45, 7) is 8.06. The van der Waals surface area contributed by atoms with Crippen LogP contribution in [0.25, 0.3) is 0 Å². The van der Waals surface area contributed by atoms with E-state index in [0.29, 0.717) is 19.8 Å². The Bertz CT molecular complexity index is 525. The second-order valence-electron chi connectivity index (χ2n) is 6.67. The Labute approximate surface area is 133 Å².